The van der Waals surface area contributed by atoms with Gasteiger partial charge < -0.3 is 14.8 Å². The van der Waals surface area contributed by atoms with Crippen LogP contribution in [0.5, 0.6) is 0 Å². The topological polar surface area (TPSA) is 106 Å². The van der Waals surface area contributed by atoms with Crippen molar-refractivity contribution in [2.45, 2.75) is 37.6 Å². The average Bonchev–Trinajstić information content (AvgIpc) is 3.13. The number of alkyl halides is 3. The van der Waals surface area contributed by atoms with Crippen molar-refractivity contribution in [3.63, 3.8) is 0 Å². The molecule has 0 aromatic carbocycles. The zero-order valence-corrected chi connectivity index (χ0v) is 12.1. The van der Waals surface area contributed by atoms with Gasteiger partial charge in [-0.15, -0.1) is 0 Å². The predicted molar refractivity (Wildman–Crippen MR) is 69.9 cm³/mol. The Bertz CT molecular complexity index is 615. The molecule has 128 valence electrons. The van der Waals surface area contributed by atoms with E-state index in [0.717, 1.165) is 6.07 Å². The molecule has 0 aliphatic heterocycles. The van der Waals surface area contributed by atoms with E-state index in [1.165, 1.54) is 13.0 Å². The summed E-state index contributed by atoms with van der Waals surface area (Å²) in [6.07, 6.45) is -5.78. The molecule has 0 saturated heterocycles. The summed E-state index contributed by atoms with van der Waals surface area (Å²) in [5.74, 6) is -1.97. The number of carbonyl (C=O) groups is 1. The van der Waals surface area contributed by atoms with Crippen LogP contribution in [0.2, 0.25) is 0 Å². The van der Waals surface area contributed by atoms with Crippen LogP contribution in [-0.2, 0) is 10.4 Å². The second-order valence-electron chi connectivity index (χ2n) is 5.50. The zero-order chi connectivity index (χ0) is 17.4. The van der Waals surface area contributed by atoms with Crippen LogP contribution in [0.1, 0.15) is 24.4 Å². The number of aliphatic hydroxyl groups is 1. The molecule has 7 nitrogen and oxygen atoms in total. The highest BCUT2D eigenvalue weighted by Gasteiger charge is 2.57. The molecule has 1 heterocycles. The fourth-order valence-electron chi connectivity index (χ4n) is 2.26. The Kier molecular flexibility index (Phi) is 4.38. The van der Waals surface area contributed by atoms with Crippen LogP contribution in [-0.4, -0.2) is 34.7 Å². The second-order valence-corrected chi connectivity index (χ2v) is 5.50. The fourth-order valence-corrected chi connectivity index (χ4v) is 2.26. The maximum absolute atomic E-state index is 13.2. The van der Waals surface area contributed by atoms with Gasteiger partial charge in [0.25, 0.3) is 0 Å². The first kappa shape index (κ1) is 17.3. The first-order chi connectivity index (χ1) is 10.6. The van der Waals surface area contributed by atoms with E-state index >= 15 is 0 Å². The summed E-state index contributed by atoms with van der Waals surface area (Å²) in [5.41, 5.74) is -3.24. The van der Waals surface area contributed by atoms with Crippen molar-refractivity contribution in [3.8, 4) is 0 Å². The third kappa shape index (κ3) is 3.46. The van der Waals surface area contributed by atoms with Crippen molar-refractivity contribution in [1.29, 1.82) is 0 Å². The summed E-state index contributed by atoms with van der Waals surface area (Å²) >= 11 is 0. The molecule has 3 unspecified atom stereocenters. The van der Waals surface area contributed by atoms with Crippen LogP contribution in [0.25, 0.3) is 0 Å². The summed E-state index contributed by atoms with van der Waals surface area (Å²) in [7, 11) is 0. The standard InChI is InChI=1S/C13H15F3N2O5/c1-7-2-3-10(23-7)12(20,13(14,15)16)4-5-17-11(19)8-6-9(8)18(21)22/h2-3,8-9,20H,4-6H2,1H3,(H,17,19). The average molecular weight is 336 g/mol. The monoisotopic (exact) mass is 336 g/mol. The minimum absolute atomic E-state index is 0.0692. The van der Waals surface area contributed by atoms with Crippen LogP contribution in [0.15, 0.2) is 16.5 Å². The van der Waals surface area contributed by atoms with Gasteiger partial charge in [-0.2, -0.15) is 13.2 Å². The summed E-state index contributed by atoms with van der Waals surface area (Å²) in [4.78, 5) is 21.5. The smallest absolute Gasteiger partial charge is 0.424 e. The third-order valence-corrected chi connectivity index (χ3v) is 3.77. The number of hydrogen-bond donors (Lipinski definition) is 2. The van der Waals surface area contributed by atoms with E-state index in [1.807, 2.05) is 0 Å². The molecule has 3 atom stereocenters. The number of furan rings is 1. The van der Waals surface area contributed by atoms with Gasteiger partial charge in [0.15, 0.2) is 0 Å². The van der Waals surface area contributed by atoms with E-state index in [1.54, 1.807) is 0 Å². The van der Waals surface area contributed by atoms with Gasteiger partial charge in [0.1, 0.15) is 17.4 Å². The lowest BCUT2D eigenvalue weighted by molar-refractivity contribution is -0.497. The maximum atomic E-state index is 13.2. The Hall–Kier alpha value is -2.10. The molecular weight excluding hydrogens is 321 g/mol. The molecule has 0 bridgehead atoms. The number of amides is 1. The lowest BCUT2D eigenvalue weighted by atomic mass is 9.95. The Morgan fingerprint density at radius 3 is 2.61 bits per heavy atom. The number of aryl methyl sites for hydroxylation is 1. The van der Waals surface area contributed by atoms with E-state index in [4.69, 9.17) is 4.42 Å². The molecule has 2 N–H and O–H groups in total. The molecular formula is C13H15F3N2O5. The van der Waals surface area contributed by atoms with Gasteiger partial charge in [-0.05, 0) is 19.1 Å². The molecule has 2 rings (SSSR count). The lowest BCUT2D eigenvalue weighted by Gasteiger charge is -2.28. The Labute approximate surface area is 128 Å². The summed E-state index contributed by atoms with van der Waals surface area (Å²) in [5, 5.41) is 22.6. The summed E-state index contributed by atoms with van der Waals surface area (Å²) < 4.78 is 44.3. The second kappa shape index (κ2) is 5.84. The number of nitrogens with one attached hydrogen (secondary N) is 1. The van der Waals surface area contributed by atoms with Crippen molar-refractivity contribution in [1.82, 2.24) is 5.32 Å². The molecule has 1 amide bonds. The highest BCUT2D eigenvalue weighted by molar-refractivity contribution is 5.81. The van der Waals surface area contributed by atoms with Crippen LogP contribution in [0.4, 0.5) is 13.2 Å². The molecule has 1 fully saturated rings. The first-order valence-corrected chi connectivity index (χ1v) is 6.83. The van der Waals surface area contributed by atoms with Gasteiger partial charge in [0.05, 0.1) is 0 Å². The van der Waals surface area contributed by atoms with E-state index < -0.39 is 53.3 Å². The maximum Gasteiger partial charge on any atom is 0.424 e. The summed E-state index contributed by atoms with van der Waals surface area (Å²) in [6, 6.07) is 1.33. The molecule has 23 heavy (non-hydrogen) atoms. The molecule has 1 aromatic rings. The highest BCUT2D eigenvalue weighted by atomic mass is 19.4. The Balaban J connectivity index is 1.98. The van der Waals surface area contributed by atoms with Gasteiger partial charge in [0.2, 0.25) is 17.6 Å². The van der Waals surface area contributed by atoms with Gasteiger partial charge in [-0.3, -0.25) is 14.9 Å². The van der Waals surface area contributed by atoms with E-state index in [2.05, 4.69) is 5.32 Å². The molecule has 1 aliphatic rings. The first-order valence-electron chi connectivity index (χ1n) is 6.83. The Morgan fingerprint density at radius 2 is 2.17 bits per heavy atom. The van der Waals surface area contributed by atoms with Crippen molar-refractivity contribution in [3.05, 3.63) is 33.8 Å². The number of nitrogens with zero attached hydrogens (tertiary/aromatic N) is 1. The van der Waals surface area contributed by atoms with Crippen LogP contribution < -0.4 is 5.32 Å². The van der Waals surface area contributed by atoms with Gasteiger partial charge >= 0.3 is 6.18 Å². The molecule has 10 heteroatoms. The molecule has 1 saturated carbocycles. The molecule has 1 aromatic heterocycles. The van der Waals surface area contributed by atoms with Crippen LogP contribution in [0.3, 0.4) is 0 Å². The molecule has 0 spiro atoms. The molecule has 0 radical (unpaired) electrons. The number of hydrogen-bond acceptors (Lipinski definition) is 5. The van der Waals surface area contributed by atoms with Crippen molar-refractivity contribution in [2.24, 2.45) is 5.92 Å². The fraction of sp³-hybridized carbons (Fsp3) is 0.615. The highest BCUT2D eigenvalue weighted by Crippen LogP contribution is 2.42. The number of carbonyl (C=O) groups excluding carboxylic acids is 1. The van der Waals surface area contributed by atoms with E-state index in [9.17, 15) is 33.2 Å². The normalized spacial score (nSPS) is 23.2. The number of halogens is 3. The SMILES string of the molecule is Cc1ccc(C(O)(CCNC(=O)C2CC2[N+](=O)[O-])C(F)(F)F)o1. The van der Waals surface area contributed by atoms with Crippen molar-refractivity contribution < 1.29 is 32.4 Å². The number of nitro groups is 1. The largest absolute Gasteiger partial charge is 0.463 e. The van der Waals surface area contributed by atoms with Gasteiger partial charge in [-0.1, -0.05) is 0 Å². The lowest BCUT2D eigenvalue weighted by Crippen LogP contribution is -2.45. The quantitative estimate of drug-likeness (QED) is 0.605. The van der Waals surface area contributed by atoms with Crippen LogP contribution >= 0.6 is 0 Å². The minimum Gasteiger partial charge on any atom is -0.463 e. The third-order valence-electron chi connectivity index (χ3n) is 3.77. The van der Waals surface area contributed by atoms with Gasteiger partial charge in [-0.25, -0.2) is 0 Å². The van der Waals surface area contributed by atoms with E-state index in [-0.39, 0.29) is 12.2 Å². The van der Waals surface area contributed by atoms with Gasteiger partial charge in [0, 0.05) is 24.3 Å². The Morgan fingerprint density at radius 1 is 1.52 bits per heavy atom. The predicted octanol–water partition coefficient (Wildman–Crippen LogP) is 1.51. The zero-order valence-electron chi connectivity index (χ0n) is 12.1. The summed E-state index contributed by atoms with van der Waals surface area (Å²) in [6.45, 7) is 0.947. The van der Waals surface area contributed by atoms with Crippen LogP contribution in [0, 0.1) is 23.0 Å². The number of rotatable bonds is 6. The van der Waals surface area contributed by atoms with E-state index in [0.29, 0.717) is 0 Å². The minimum atomic E-state index is -5.00. The van der Waals surface area contributed by atoms with Crippen molar-refractivity contribution in [2.75, 3.05) is 6.54 Å². The molecule has 1 aliphatic carbocycles. The van der Waals surface area contributed by atoms with Crippen molar-refractivity contribution >= 4 is 5.91 Å².